The smallest absolute Gasteiger partial charge is 0.272 e. The summed E-state index contributed by atoms with van der Waals surface area (Å²) in [4.78, 5) is 27.4. The van der Waals surface area contributed by atoms with E-state index in [1.54, 1.807) is 18.0 Å². The molecule has 2 atom stereocenters. The molecular weight excluding hydrogens is 364 g/mol. The summed E-state index contributed by atoms with van der Waals surface area (Å²) < 4.78 is 0. The summed E-state index contributed by atoms with van der Waals surface area (Å²) in [5.41, 5.74) is 4.28. The van der Waals surface area contributed by atoms with Gasteiger partial charge in [0.05, 0.1) is 0 Å². The fourth-order valence-electron chi connectivity index (χ4n) is 3.85. The Bertz CT molecular complexity index is 1030. The largest absolute Gasteiger partial charge is 0.339 e. The van der Waals surface area contributed by atoms with Crippen LogP contribution in [0.4, 0.5) is 5.69 Å². The molecular formula is C23H24N4O2. The molecule has 2 amide bonds. The summed E-state index contributed by atoms with van der Waals surface area (Å²) in [5, 5.41) is 9.98. The first-order valence-electron chi connectivity index (χ1n) is 9.77. The van der Waals surface area contributed by atoms with Gasteiger partial charge in [0.15, 0.2) is 0 Å². The number of anilines is 1. The summed E-state index contributed by atoms with van der Waals surface area (Å²) in [6, 6.07) is 19.0. The second-order valence-electron chi connectivity index (χ2n) is 7.60. The lowest BCUT2D eigenvalue weighted by Gasteiger charge is -2.24. The van der Waals surface area contributed by atoms with Crippen LogP contribution < -0.4 is 10.2 Å². The van der Waals surface area contributed by atoms with E-state index in [1.165, 1.54) is 0 Å². The maximum absolute atomic E-state index is 13.0. The van der Waals surface area contributed by atoms with E-state index in [4.69, 9.17) is 0 Å². The zero-order valence-corrected chi connectivity index (χ0v) is 16.6. The Balaban J connectivity index is 1.49. The first-order valence-corrected chi connectivity index (χ1v) is 9.77. The number of likely N-dealkylation sites (N-methyl/N-ethyl adjacent to an activating group) is 1. The lowest BCUT2D eigenvalue weighted by atomic mass is 9.94. The molecule has 0 bridgehead atoms. The third-order valence-corrected chi connectivity index (χ3v) is 5.45. The first kappa shape index (κ1) is 18.9. The predicted octanol–water partition coefficient (Wildman–Crippen LogP) is 2.95. The fraction of sp³-hybridized carbons (Fsp3) is 0.261. The number of aromatic amines is 1. The van der Waals surface area contributed by atoms with Crippen LogP contribution in [-0.4, -0.2) is 35.1 Å². The number of para-hydroxylation sites is 1. The van der Waals surface area contributed by atoms with Crippen molar-refractivity contribution in [1.29, 1.82) is 0 Å². The molecule has 4 rings (SSSR count). The normalized spacial score (nSPS) is 18.8. The van der Waals surface area contributed by atoms with Gasteiger partial charge >= 0.3 is 0 Å². The third-order valence-electron chi connectivity index (χ3n) is 5.45. The van der Waals surface area contributed by atoms with Crippen molar-refractivity contribution >= 4 is 17.5 Å². The lowest BCUT2D eigenvalue weighted by molar-refractivity contribution is -0.121. The van der Waals surface area contributed by atoms with Crippen LogP contribution in [0.25, 0.3) is 0 Å². The zero-order valence-electron chi connectivity index (χ0n) is 16.6. The van der Waals surface area contributed by atoms with E-state index < -0.39 is 6.04 Å². The molecule has 3 aromatic rings. The molecule has 1 aliphatic heterocycles. The molecule has 0 fully saturated rings. The van der Waals surface area contributed by atoms with Gasteiger partial charge in [-0.1, -0.05) is 55.5 Å². The van der Waals surface area contributed by atoms with E-state index in [-0.39, 0.29) is 17.7 Å². The third kappa shape index (κ3) is 3.92. The van der Waals surface area contributed by atoms with E-state index in [2.05, 4.69) is 15.5 Å². The SMILES string of the molecule is C[C@@H]1Cc2ccccc2N(C)C(=O)[C@@H]1NC(=O)c1cc(Cc2ccccc2)[nH]n1. The van der Waals surface area contributed by atoms with E-state index in [1.807, 2.05) is 61.5 Å². The number of rotatable bonds is 4. The number of carbonyl (C=O) groups excluding carboxylic acids is 2. The number of hydrogen-bond donors (Lipinski definition) is 2. The Hall–Kier alpha value is -3.41. The molecule has 0 spiro atoms. The van der Waals surface area contributed by atoms with Crippen molar-refractivity contribution in [3.8, 4) is 0 Å². The average molecular weight is 388 g/mol. The number of hydrogen-bond acceptors (Lipinski definition) is 3. The molecule has 2 aromatic carbocycles. The van der Waals surface area contributed by atoms with Crippen LogP contribution in [0.5, 0.6) is 0 Å². The second-order valence-corrected chi connectivity index (χ2v) is 7.60. The van der Waals surface area contributed by atoms with Gasteiger partial charge < -0.3 is 10.2 Å². The molecule has 1 aliphatic rings. The van der Waals surface area contributed by atoms with Gasteiger partial charge in [0, 0.05) is 24.8 Å². The Morgan fingerprint density at radius 3 is 2.69 bits per heavy atom. The van der Waals surface area contributed by atoms with E-state index in [0.29, 0.717) is 12.1 Å². The molecule has 6 nitrogen and oxygen atoms in total. The molecule has 0 radical (unpaired) electrons. The summed E-state index contributed by atoms with van der Waals surface area (Å²) >= 11 is 0. The minimum atomic E-state index is -0.603. The van der Waals surface area contributed by atoms with Gasteiger partial charge in [0.25, 0.3) is 5.91 Å². The molecule has 148 valence electrons. The number of carbonyl (C=O) groups is 2. The number of nitrogens with zero attached hydrogens (tertiary/aromatic N) is 2. The first-order chi connectivity index (χ1) is 14.0. The Kier molecular flexibility index (Phi) is 5.16. The van der Waals surface area contributed by atoms with Gasteiger partial charge in [-0.3, -0.25) is 14.7 Å². The van der Waals surface area contributed by atoms with Crippen LogP contribution in [0.3, 0.4) is 0 Å². The maximum atomic E-state index is 13.0. The van der Waals surface area contributed by atoms with Crippen molar-refractivity contribution in [1.82, 2.24) is 15.5 Å². The van der Waals surface area contributed by atoms with Crippen LogP contribution in [0.2, 0.25) is 0 Å². The molecule has 6 heteroatoms. The van der Waals surface area contributed by atoms with Crippen molar-refractivity contribution in [3.63, 3.8) is 0 Å². The monoisotopic (exact) mass is 388 g/mol. The average Bonchev–Trinajstić information content (AvgIpc) is 3.17. The Morgan fingerprint density at radius 1 is 1.17 bits per heavy atom. The molecule has 2 heterocycles. The molecule has 0 unspecified atom stereocenters. The molecule has 0 saturated heterocycles. The number of fused-ring (bicyclic) bond motifs is 1. The van der Waals surface area contributed by atoms with E-state index >= 15 is 0 Å². The quantitative estimate of drug-likeness (QED) is 0.721. The van der Waals surface area contributed by atoms with Gasteiger partial charge in [-0.25, -0.2) is 0 Å². The lowest BCUT2D eigenvalue weighted by Crippen LogP contribution is -2.50. The Morgan fingerprint density at radius 2 is 1.90 bits per heavy atom. The van der Waals surface area contributed by atoms with Crippen molar-refractivity contribution in [2.24, 2.45) is 5.92 Å². The predicted molar refractivity (Wildman–Crippen MR) is 112 cm³/mol. The number of aromatic nitrogens is 2. The van der Waals surface area contributed by atoms with E-state index in [0.717, 1.165) is 28.9 Å². The fourth-order valence-corrected chi connectivity index (χ4v) is 3.85. The van der Waals surface area contributed by atoms with Crippen LogP contribution in [0.1, 0.15) is 34.2 Å². The van der Waals surface area contributed by atoms with Gasteiger partial charge in [0.1, 0.15) is 11.7 Å². The molecule has 29 heavy (non-hydrogen) atoms. The highest BCUT2D eigenvalue weighted by molar-refractivity contribution is 6.02. The van der Waals surface area contributed by atoms with Gasteiger partial charge in [0.2, 0.25) is 5.91 Å². The highest BCUT2D eigenvalue weighted by atomic mass is 16.2. The van der Waals surface area contributed by atoms with E-state index in [9.17, 15) is 9.59 Å². The maximum Gasteiger partial charge on any atom is 0.272 e. The summed E-state index contributed by atoms with van der Waals surface area (Å²) in [7, 11) is 1.75. The van der Waals surface area contributed by atoms with Crippen LogP contribution >= 0.6 is 0 Å². The van der Waals surface area contributed by atoms with Crippen LogP contribution in [-0.2, 0) is 17.6 Å². The van der Waals surface area contributed by atoms with Crippen molar-refractivity contribution in [3.05, 3.63) is 83.2 Å². The zero-order chi connectivity index (χ0) is 20.4. The number of nitrogens with one attached hydrogen (secondary N) is 2. The summed E-state index contributed by atoms with van der Waals surface area (Å²) in [6.07, 6.45) is 1.38. The number of H-pyrrole nitrogens is 1. The second kappa shape index (κ2) is 7.91. The number of amides is 2. The molecule has 1 aromatic heterocycles. The topological polar surface area (TPSA) is 78.1 Å². The van der Waals surface area contributed by atoms with Crippen molar-refractivity contribution < 1.29 is 9.59 Å². The highest BCUT2D eigenvalue weighted by Crippen LogP contribution is 2.28. The van der Waals surface area contributed by atoms with Gasteiger partial charge in [-0.05, 0) is 35.6 Å². The minimum absolute atomic E-state index is 0.0275. The van der Waals surface area contributed by atoms with Crippen LogP contribution in [0.15, 0.2) is 60.7 Å². The Labute approximate surface area is 169 Å². The molecule has 2 N–H and O–H groups in total. The van der Waals surface area contributed by atoms with Crippen molar-refractivity contribution in [2.75, 3.05) is 11.9 Å². The summed E-state index contributed by atoms with van der Waals surface area (Å²) in [5.74, 6) is -0.485. The minimum Gasteiger partial charge on any atom is -0.339 e. The molecule has 0 aliphatic carbocycles. The number of benzene rings is 2. The molecule has 0 saturated carbocycles. The highest BCUT2D eigenvalue weighted by Gasteiger charge is 2.34. The van der Waals surface area contributed by atoms with Crippen LogP contribution in [0, 0.1) is 5.92 Å². The van der Waals surface area contributed by atoms with Gasteiger partial charge in [-0.2, -0.15) is 5.10 Å². The summed E-state index contributed by atoms with van der Waals surface area (Å²) in [6.45, 7) is 1.99. The van der Waals surface area contributed by atoms with Crippen molar-refractivity contribution in [2.45, 2.75) is 25.8 Å². The van der Waals surface area contributed by atoms with Gasteiger partial charge in [-0.15, -0.1) is 0 Å². The standard InChI is InChI=1S/C23H24N4O2/c1-15-12-17-10-6-7-11-20(17)27(2)23(29)21(15)24-22(28)19-14-18(25-26-19)13-16-8-4-3-5-9-16/h3-11,14-15,21H,12-13H2,1-2H3,(H,24,28)(H,25,26)/t15-,21-/m1/s1.